The number of carbonyl (C=O) groups is 1. The van der Waals surface area contributed by atoms with Gasteiger partial charge in [-0.15, -0.1) is 15.0 Å². The number of aryl methyl sites for hydroxylation is 1. The van der Waals surface area contributed by atoms with Crippen LogP contribution in [0.1, 0.15) is 21.5 Å². The van der Waals surface area contributed by atoms with Gasteiger partial charge in [0.25, 0.3) is 0 Å². The van der Waals surface area contributed by atoms with E-state index in [0.717, 1.165) is 39.3 Å². The number of hydrogen-bond acceptors (Lipinski definition) is 4. The van der Waals surface area contributed by atoms with Gasteiger partial charge in [-0.05, 0) is 36.8 Å². The molecule has 0 radical (unpaired) electrons. The highest BCUT2D eigenvalue weighted by atomic mass is 16.3. The van der Waals surface area contributed by atoms with Crippen LogP contribution in [0.5, 0.6) is 5.75 Å². The summed E-state index contributed by atoms with van der Waals surface area (Å²) in [5.41, 5.74) is 5.36. The number of benzene rings is 3. The van der Waals surface area contributed by atoms with Gasteiger partial charge in [0.05, 0.1) is 6.54 Å². The van der Waals surface area contributed by atoms with Gasteiger partial charge in [-0.3, -0.25) is 4.79 Å². The van der Waals surface area contributed by atoms with Crippen LogP contribution in [0.3, 0.4) is 0 Å². The number of rotatable bonds is 4. The third kappa shape index (κ3) is 2.86. The second-order valence-corrected chi connectivity index (χ2v) is 7.12. The lowest BCUT2D eigenvalue weighted by atomic mass is 10.1. The standard InChI is InChI=1S/C23H18N4O2/c1-15-10-16(12-26-13-17(14-28)18-6-2-5-9-21(18)26)23(29)22(11-15)27-24-19-7-3-4-8-20(19)25-27/h2-11,13-14,29H,12H2,1H3. The molecule has 29 heavy (non-hydrogen) atoms. The molecule has 0 amide bonds. The number of phenolic OH excluding ortho intramolecular Hbond substituents is 1. The zero-order valence-electron chi connectivity index (χ0n) is 15.8. The topological polar surface area (TPSA) is 72.9 Å². The van der Waals surface area contributed by atoms with Gasteiger partial charge in [-0.1, -0.05) is 36.4 Å². The van der Waals surface area contributed by atoms with E-state index in [-0.39, 0.29) is 5.75 Å². The highest BCUT2D eigenvalue weighted by Gasteiger charge is 2.15. The Hall–Kier alpha value is -3.93. The molecule has 0 bridgehead atoms. The van der Waals surface area contributed by atoms with E-state index in [1.54, 1.807) is 0 Å². The van der Waals surface area contributed by atoms with Crippen molar-refractivity contribution >= 4 is 28.2 Å². The molecule has 2 heterocycles. The van der Waals surface area contributed by atoms with E-state index in [1.807, 2.05) is 78.4 Å². The van der Waals surface area contributed by atoms with E-state index in [0.29, 0.717) is 17.8 Å². The third-order valence-corrected chi connectivity index (χ3v) is 5.10. The maximum atomic E-state index is 11.4. The van der Waals surface area contributed by atoms with Gasteiger partial charge in [0, 0.05) is 28.2 Å². The van der Waals surface area contributed by atoms with Crippen molar-refractivity contribution in [3.63, 3.8) is 0 Å². The van der Waals surface area contributed by atoms with Gasteiger partial charge >= 0.3 is 0 Å². The van der Waals surface area contributed by atoms with Crippen molar-refractivity contribution in [1.82, 2.24) is 19.6 Å². The summed E-state index contributed by atoms with van der Waals surface area (Å²) in [6, 6.07) is 19.1. The second kappa shape index (κ2) is 6.60. The van der Waals surface area contributed by atoms with Crippen molar-refractivity contribution in [2.75, 3.05) is 0 Å². The number of aldehydes is 1. The minimum Gasteiger partial charge on any atom is -0.505 e. The molecule has 0 unspecified atom stereocenters. The number of para-hydroxylation sites is 1. The lowest BCUT2D eigenvalue weighted by Crippen LogP contribution is -2.04. The molecule has 6 heteroatoms. The molecule has 3 aromatic carbocycles. The highest BCUT2D eigenvalue weighted by Crippen LogP contribution is 2.30. The Morgan fingerprint density at radius 1 is 1.00 bits per heavy atom. The number of aromatic nitrogens is 4. The zero-order chi connectivity index (χ0) is 20.0. The molecule has 0 aliphatic carbocycles. The molecule has 0 fully saturated rings. The molecule has 6 nitrogen and oxygen atoms in total. The largest absolute Gasteiger partial charge is 0.505 e. The Morgan fingerprint density at radius 3 is 2.41 bits per heavy atom. The molecule has 5 rings (SSSR count). The van der Waals surface area contributed by atoms with Crippen LogP contribution in [0.2, 0.25) is 0 Å². The number of aromatic hydroxyl groups is 1. The number of hydrogen-bond donors (Lipinski definition) is 1. The van der Waals surface area contributed by atoms with Crippen molar-refractivity contribution in [2.45, 2.75) is 13.5 Å². The van der Waals surface area contributed by atoms with Crippen LogP contribution in [-0.4, -0.2) is 31.0 Å². The Balaban J connectivity index is 1.63. The first kappa shape index (κ1) is 17.2. The lowest BCUT2D eigenvalue weighted by molar-refractivity contribution is 0.112. The molecule has 5 aromatic rings. The molecule has 0 aliphatic heterocycles. The SMILES string of the molecule is Cc1cc(Cn2cc(C=O)c3ccccc32)c(O)c(-n2nc3ccccc3n2)c1. The van der Waals surface area contributed by atoms with Gasteiger partial charge < -0.3 is 9.67 Å². The van der Waals surface area contributed by atoms with Crippen LogP contribution in [0.15, 0.2) is 66.9 Å². The first-order valence-corrected chi connectivity index (χ1v) is 9.32. The van der Waals surface area contributed by atoms with E-state index in [9.17, 15) is 9.90 Å². The Bertz CT molecular complexity index is 1350. The zero-order valence-corrected chi connectivity index (χ0v) is 15.8. The number of nitrogens with zero attached hydrogens (tertiary/aromatic N) is 4. The minimum absolute atomic E-state index is 0.126. The van der Waals surface area contributed by atoms with Crippen molar-refractivity contribution in [2.24, 2.45) is 0 Å². The molecule has 0 aliphatic rings. The molecule has 0 atom stereocenters. The summed E-state index contributed by atoms with van der Waals surface area (Å²) in [6.07, 6.45) is 2.68. The summed E-state index contributed by atoms with van der Waals surface area (Å²) in [5.74, 6) is 0.126. The van der Waals surface area contributed by atoms with Crippen LogP contribution in [0.25, 0.3) is 27.6 Å². The molecular weight excluding hydrogens is 364 g/mol. The average molecular weight is 382 g/mol. The monoisotopic (exact) mass is 382 g/mol. The number of phenols is 1. The Morgan fingerprint density at radius 2 is 1.69 bits per heavy atom. The highest BCUT2D eigenvalue weighted by molar-refractivity contribution is 5.97. The van der Waals surface area contributed by atoms with Crippen molar-refractivity contribution in [3.05, 3.63) is 83.6 Å². The maximum absolute atomic E-state index is 11.4. The van der Waals surface area contributed by atoms with Gasteiger partial charge in [0.2, 0.25) is 0 Å². The average Bonchev–Trinajstić information content (AvgIpc) is 3.32. The van der Waals surface area contributed by atoms with Gasteiger partial charge in [0.1, 0.15) is 22.5 Å². The van der Waals surface area contributed by atoms with Gasteiger partial charge in [-0.25, -0.2) is 0 Å². The summed E-state index contributed by atoms with van der Waals surface area (Å²) in [5, 5.41) is 20.9. The summed E-state index contributed by atoms with van der Waals surface area (Å²) in [7, 11) is 0. The fourth-order valence-electron chi connectivity index (χ4n) is 3.76. The quantitative estimate of drug-likeness (QED) is 0.472. The van der Waals surface area contributed by atoms with Gasteiger partial charge in [-0.2, -0.15) is 0 Å². The van der Waals surface area contributed by atoms with Crippen LogP contribution in [0.4, 0.5) is 0 Å². The molecular formula is C23H18N4O2. The van der Waals surface area contributed by atoms with Crippen LogP contribution in [-0.2, 0) is 6.54 Å². The van der Waals surface area contributed by atoms with Crippen molar-refractivity contribution in [3.8, 4) is 11.4 Å². The van der Waals surface area contributed by atoms with E-state index in [1.165, 1.54) is 4.80 Å². The van der Waals surface area contributed by atoms with Crippen molar-refractivity contribution < 1.29 is 9.90 Å². The summed E-state index contributed by atoms with van der Waals surface area (Å²) < 4.78 is 1.98. The first-order valence-electron chi connectivity index (χ1n) is 9.32. The van der Waals surface area contributed by atoms with Crippen molar-refractivity contribution in [1.29, 1.82) is 0 Å². The summed E-state index contributed by atoms with van der Waals surface area (Å²) in [6.45, 7) is 2.40. The van der Waals surface area contributed by atoms with E-state index in [2.05, 4.69) is 10.2 Å². The van der Waals surface area contributed by atoms with Gasteiger partial charge in [0.15, 0.2) is 6.29 Å². The molecule has 2 aromatic heterocycles. The predicted octanol–water partition coefficient (Wildman–Crippen LogP) is 4.25. The Labute approximate surface area is 166 Å². The number of carbonyl (C=O) groups excluding carboxylic acids is 1. The van der Waals surface area contributed by atoms with Crippen LogP contribution < -0.4 is 0 Å². The maximum Gasteiger partial charge on any atom is 0.152 e. The summed E-state index contributed by atoms with van der Waals surface area (Å²) in [4.78, 5) is 12.9. The fraction of sp³-hybridized carbons (Fsp3) is 0.0870. The van der Waals surface area contributed by atoms with E-state index < -0.39 is 0 Å². The fourth-order valence-corrected chi connectivity index (χ4v) is 3.76. The molecule has 1 N–H and O–H groups in total. The lowest BCUT2D eigenvalue weighted by Gasteiger charge is -2.12. The molecule has 0 saturated carbocycles. The normalized spacial score (nSPS) is 11.3. The Kier molecular flexibility index (Phi) is 3.91. The van der Waals surface area contributed by atoms with Crippen LogP contribution >= 0.6 is 0 Å². The van der Waals surface area contributed by atoms with E-state index in [4.69, 9.17) is 0 Å². The number of fused-ring (bicyclic) bond motifs is 2. The molecule has 0 spiro atoms. The second-order valence-electron chi connectivity index (χ2n) is 7.12. The molecule has 142 valence electrons. The third-order valence-electron chi connectivity index (χ3n) is 5.10. The minimum atomic E-state index is 0.126. The smallest absolute Gasteiger partial charge is 0.152 e. The molecule has 0 saturated heterocycles. The van der Waals surface area contributed by atoms with E-state index >= 15 is 0 Å². The van der Waals surface area contributed by atoms with Crippen LogP contribution in [0, 0.1) is 6.92 Å². The first-order chi connectivity index (χ1) is 14.1. The summed E-state index contributed by atoms with van der Waals surface area (Å²) >= 11 is 0. The predicted molar refractivity (Wildman–Crippen MR) is 112 cm³/mol.